The predicted molar refractivity (Wildman–Crippen MR) is 124 cm³/mol. The number of hydrogen-bond acceptors (Lipinski definition) is 3. The first kappa shape index (κ1) is 25.3. The van der Waals surface area contributed by atoms with Gasteiger partial charge in [-0.2, -0.15) is 0 Å². The van der Waals surface area contributed by atoms with E-state index in [0.717, 1.165) is 17.2 Å². The van der Waals surface area contributed by atoms with Crippen LogP contribution in [0.15, 0.2) is 42.5 Å². The van der Waals surface area contributed by atoms with Crippen LogP contribution in [-0.2, 0) is 27.5 Å². The van der Waals surface area contributed by atoms with Crippen LogP contribution < -0.4 is 10.6 Å². The van der Waals surface area contributed by atoms with Gasteiger partial charge in [-0.1, -0.05) is 55.8 Å². The molecule has 182 valence electrons. The molecule has 0 spiro atoms. The van der Waals surface area contributed by atoms with E-state index >= 15 is 0 Å². The lowest BCUT2D eigenvalue weighted by Crippen LogP contribution is -2.50. The summed E-state index contributed by atoms with van der Waals surface area (Å²) in [4.78, 5) is 39.3. The minimum absolute atomic E-state index is 0.0167. The molecule has 2 aromatic rings. The highest BCUT2D eigenvalue weighted by molar-refractivity contribution is 5.88. The summed E-state index contributed by atoms with van der Waals surface area (Å²) >= 11 is 0. The minimum atomic E-state index is -0.990. The zero-order valence-corrected chi connectivity index (χ0v) is 19.7. The van der Waals surface area contributed by atoms with Gasteiger partial charge in [-0.15, -0.1) is 0 Å². The number of aryl methyl sites for hydroxylation is 1. The topological polar surface area (TPSA) is 78.5 Å². The molecule has 1 heterocycles. The molecule has 34 heavy (non-hydrogen) atoms. The van der Waals surface area contributed by atoms with E-state index < -0.39 is 23.7 Å². The third kappa shape index (κ3) is 6.40. The van der Waals surface area contributed by atoms with Crippen molar-refractivity contribution in [2.24, 2.45) is 5.92 Å². The Kier molecular flexibility index (Phi) is 8.36. The lowest BCUT2D eigenvalue weighted by Gasteiger charge is -2.27. The highest BCUT2D eigenvalue weighted by atomic mass is 19.2. The van der Waals surface area contributed by atoms with Crippen molar-refractivity contribution in [3.63, 3.8) is 0 Å². The molecule has 6 nitrogen and oxygen atoms in total. The first-order valence-corrected chi connectivity index (χ1v) is 11.5. The number of carbonyl (C=O) groups is 3. The van der Waals surface area contributed by atoms with Crippen LogP contribution in [0.25, 0.3) is 0 Å². The average Bonchev–Trinajstić information content (AvgIpc) is 3.13. The molecule has 0 bridgehead atoms. The Hall–Kier alpha value is -3.29. The van der Waals surface area contributed by atoms with Crippen molar-refractivity contribution >= 4 is 17.7 Å². The second-order valence-electron chi connectivity index (χ2n) is 9.12. The minimum Gasteiger partial charge on any atom is -0.350 e. The smallest absolute Gasteiger partial charge is 0.243 e. The average molecular weight is 472 g/mol. The first-order valence-electron chi connectivity index (χ1n) is 11.5. The van der Waals surface area contributed by atoms with Gasteiger partial charge in [0.25, 0.3) is 0 Å². The number of likely N-dealkylation sites (tertiary alicyclic amines) is 1. The zero-order chi connectivity index (χ0) is 24.8. The van der Waals surface area contributed by atoms with Gasteiger partial charge in [-0.3, -0.25) is 14.4 Å². The molecule has 0 aromatic heterocycles. The van der Waals surface area contributed by atoms with Gasteiger partial charge >= 0.3 is 0 Å². The standard InChI is InChI=1S/C26H31F2N3O3/c1-16(2)25(26(34)29-14-18-9-7-17(3)8-10-18)30-22(32)13-20-11-12-23(33)31(20)15-19-5-4-6-21(27)24(19)28/h4-10,16,20,25H,11-15H2,1-3H3,(H,29,34)(H,30,32)/t20-,25-/m0/s1. The van der Waals surface area contributed by atoms with Crippen molar-refractivity contribution in [3.05, 3.63) is 70.8 Å². The maximum absolute atomic E-state index is 14.1. The fourth-order valence-corrected chi connectivity index (χ4v) is 4.06. The second-order valence-corrected chi connectivity index (χ2v) is 9.12. The molecule has 2 atom stereocenters. The van der Waals surface area contributed by atoms with E-state index in [1.165, 1.54) is 17.0 Å². The number of amides is 3. The molecule has 0 radical (unpaired) electrons. The van der Waals surface area contributed by atoms with Crippen LogP contribution >= 0.6 is 0 Å². The van der Waals surface area contributed by atoms with Gasteiger partial charge in [0.05, 0.1) is 0 Å². The molecule has 0 aliphatic carbocycles. The van der Waals surface area contributed by atoms with E-state index in [4.69, 9.17) is 0 Å². The Balaban J connectivity index is 1.59. The van der Waals surface area contributed by atoms with Crippen LogP contribution in [0.2, 0.25) is 0 Å². The van der Waals surface area contributed by atoms with Crippen molar-refractivity contribution in [1.82, 2.24) is 15.5 Å². The maximum Gasteiger partial charge on any atom is 0.243 e. The first-order chi connectivity index (χ1) is 16.2. The van der Waals surface area contributed by atoms with E-state index in [1.54, 1.807) is 0 Å². The molecule has 1 aliphatic heterocycles. The Morgan fingerprint density at radius 1 is 1.12 bits per heavy atom. The molecule has 1 fully saturated rings. The Morgan fingerprint density at radius 3 is 2.50 bits per heavy atom. The normalized spacial score (nSPS) is 16.6. The van der Waals surface area contributed by atoms with Crippen LogP contribution in [0.4, 0.5) is 8.78 Å². The maximum atomic E-state index is 14.1. The van der Waals surface area contributed by atoms with Gasteiger partial charge in [0, 0.05) is 37.5 Å². The molecular weight excluding hydrogens is 440 g/mol. The van der Waals surface area contributed by atoms with E-state index in [9.17, 15) is 23.2 Å². The van der Waals surface area contributed by atoms with Crippen molar-refractivity contribution in [3.8, 4) is 0 Å². The molecule has 3 amide bonds. The summed E-state index contributed by atoms with van der Waals surface area (Å²) < 4.78 is 27.7. The van der Waals surface area contributed by atoms with Gasteiger partial charge in [0.2, 0.25) is 17.7 Å². The van der Waals surface area contributed by atoms with Gasteiger partial charge < -0.3 is 15.5 Å². The third-order valence-corrected chi connectivity index (χ3v) is 6.10. The number of carbonyl (C=O) groups excluding carboxylic acids is 3. The Bertz CT molecular complexity index is 1040. The highest BCUT2D eigenvalue weighted by Gasteiger charge is 2.34. The SMILES string of the molecule is Cc1ccc(CNC(=O)[C@@H](NC(=O)C[C@@H]2CCC(=O)N2Cc2cccc(F)c2F)C(C)C)cc1. The molecule has 8 heteroatoms. The van der Waals surface area contributed by atoms with Gasteiger partial charge in [0.1, 0.15) is 6.04 Å². The number of benzene rings is 2. The van der Waals surface area contributed by atoms with Crippen LogP contribution in [0.1, 0.15) is 49.8 Å². The van der Waals surface area contributed by atoms with Crippen molar-refractivity contribution in [2.75, 3.05) is 0 Å². The molecular formula is C26H31F2N3O3. The van der Waals surface area contributed by atoms with Crippen molar-refractivity contribution in [1.29, 1.82) is 0 Å². The zero-order valence-electron chi connectivity index (χ0n) is 19.7. The van der Waals surface area contributed by atoms with E-state index in [-0.39, 0.29) is 48.6 Å². The van der Waals surface area contributed by atoms with Crippen LogP contribution in [-0.4, -0.2) is 34.7 Å². The highest BCUT2D eigenvalue weighted by Crippen LogP contribution is 2.25. The fraction of sp³-hybridized carbons (Fsp3) is 0.423. The lowest BCUT2D eigenvalue weighted by atomic mass is 10.0. The summed E-state index contributed by atoms with van der Waals surface area (Å²) in [7, 11) is 0. The Labute approximate surface area is 198 Å². The van der Waals surface area contributed by atoms with Crippen LogP contribution in [0.5, 0.6) is 0 Å². The summed E-state index contributed by atoms with van der Waals surface area (Å²) in [5.74, 6) is -2.98. The van der Waals surface area contributed by atoms with E-state index in [0.29, 0.717) is 13.0 Å². The molecule has 1 saturated heterocycles. The molecule has 0 unspecified atom stereocenters. The number of halogens is 2. The van der Waals surface area contributed by atoms with Gasteiger partial charge in [-0.25, -0.2) is 8.78 Å². The summed E-state index contributed by atoms with van der Waals surface area (Å²) in [5, 5.41) is 5.65. The number of nitrogens with one attached hydrogen (secondary N) is 2. The molecule has 2 N–H and O–H groups in total. The van der Waals surface area contributed by atoms with Crippen molar-refractivity contribution < 1.29 is 23.2 Å². The van der Waals surface area contributed by atoms with E-state index in [1.807, 2.05) is 45.0 Å². The van der Waals surface area contributed by atoms with Crippen LogP contribution in [0.3, 0.4) is 0 Å². The Morgan fingerprint density at radius 2 is 1.82 bits per heavy atom. The number of hydrogen-bond donors (Lipinski definition) is 2. The fourth-order valence-electron chi connectivity index (χ4n) is 4.06. The predicted octanol–water partition coefficient (Wildman–Crippen LogP) is 3.61. The number of rotatable bonds is 9. The van der Waals surface area contributed by atoms with Crippen LogP contribution in [0, 0.1) is 24.5 Å². The summed E-state index contributed by atoms with van der Waals surface area (Å²) in [6, 6.07) is 10.5. The van der Waals surface area contributed by atoms with Crippen molar-refractivity contribution in [2.45, 2.75) is 65.2 Å². The summed E-state index contributed by atoms with van der Waals surface area (Å²) in [6.45, 7) is 5.91. The monoisotopic (exact) mass is 471 g/mol. The summed E-state index contributed by atoms with van der Waals surface area (Å²) in [5.41, 5.74) is 2.15. The van der Waals surface area contributed by atoms with Gasteiger partial charge in [0.15, 0.2) is 11.6 Å². The quantitative estimate of drug-likeness (QED) is 0.587. The van der Waals surface area contributed by atoms with Gasteiger partial charge in [-0.05, 0) is 30.9 Å². The molecule has 1 aliphatic rings. The summed E-state index contributed by atoms with van der Waals surface area (Å²) in [6.07, 6.45) is 0.659. The second kappa shape index (κ2) is 11.2. The third-order valence-electron chi connectivity index (χ3n) is 6.10. The number of nitrogens with zero attached hydrogens (tertiary/aromatic N) is 1. The van der Waals surface area contributed by atoms with E-state index in [2.05, 4.69) is 10.6 Å². The molecule has 3 rings (SSSR count). The molecule has 0 saturated carbocycles. The molecule has 2 aromatic carbocycles. The largest absolute Gasteiger partial charge is 0.350 e. The lowest BCUT2D eigenvalue weighted by molar-refractivity contribution is -0.132.